The zero-order valence-electron chi connectivity index (χ0n) is 12.3. The van der Waals surface area contributed by atoms with E-state index in [1.54, 1.807) is 33.8 Å². The van der Waals surface area contributed by atoms with E-state index >= 15 is 0 Å². The zero-order chi connectivity index (χ0) is 15.2. The van der Waals surface area contributed by atoms with Gasteiger partial charge in [0.15, 0.2) is 0 Å². The summed E-state index contributed by atoms with van der Waals surface area (Å²) in [5, 5.41) is 2.89. The maximum absolute atomic E-state index is 11.5. The molecule has 0 radical (unpaired) electrons. The average molecular weight is 288 g/mol. The second kappa shape index (κ2) is 7.19. The predicted molar refractivity (Wildman–Crippen MR) is 79.6 cm³/mol. The number of halogens is 1. The maximum Gasteiger partial charge on any atom is 0.413 e. The molecule has 6 heteroatoms. The van der Waals surface area contributed by atoms with Gasteiger partial charge in [0.25, 0.3) is 0 Å². The molecule has 0 saturated heterocycles. The first kappa shape index (κ1) is 17.5. The van der Waals surface area contributed by atoms with Crippen LogP contribution in [-0.4, -0.2) is 16.7 Å². The number of carbonyl (C=O) groups excluding carboxylic acids is 1. The highest BCUT2D eigenvalue weighted by molar-refractivity contribution is 6.33. The van der Waals surface area contributed by atoms with Crippen molar-refractivity contribution in [1.82, 2.24) is 4.98 Å². The average Bonchev–Trinajstić information content (AvgIpc) is 2.25. The summed E-state index contributed by atoms with van der Waals surface area (Å²) in [6.07, 6.45) is -0.578. The van der Waals surface area contributed by atoms with Crippen molar-refractivity contribution in [2.75, 3.05) is 11.1 Å². The second-order valence-corrected chi connectivity index (χ2v) is 5.03. The van der Waals surface area contributed by atoms with Crippen molar-refractivity contribution in [2.24, 2.45) is 0 Å². The van der Waals surface area contributed by atoms with Gasteiger partial charge in [0.1, 0.15) is 17.2 Å². The van der Waals surface area contributed by atoms with E-state index in [1.807, 2.05) is 13.8 Å². The number of ether oxygens (including phenoxy) is 1. The van der Waals surface area contributed by atoms with E-state index in [4.69, 9.17) is 22.1 Å². The fourth-order valence-electron chi connectivity index (χ4n) is 1.15. The summed E-state index contributed by atoms with van der Waals surface area (Å²) >= 11 is 5.86. The standard InChI is InChI=1S/C11H16ClN3O2.C2H6/c1-6-5-7(14-9(13)8(6)12)15-10(16)17-11(2,3)4;1-2/h5H,1-4H3,(H3,13,14,15,16);1-2H3. The highest BCUT2D eigenvalue weighted by Gasteiger charge is 2.17. The maximum atomic E-state index is 11.5. The number of carbonyl (C=O) groups is 1. The van der Waals surface area contributed by atoms with Gasteiger partial charge in [0.05, 0.1) is 5.02 Å². The van der Waals surface area contributed by atoms with Crippen molar-refractivity contribution < 1.29 is 9.53 Å². The summed E-state index contributed by atoms with van der Waals surface area (Å²) in [6, 6.07) is 1.63. The van der Waals surface area contributed by atoms with E-state index in [9.17, 15) is 4.79 Å². The molecule has 0 aliphatic carbocycles. The molecular weight excluding hydrogens is 266 g/mol. The lowest BCUT2D eigenvalue weighted by Gasteiger charge is -2.19. The van der Waals surface area contributed by atoms with Crippen LogP contribution in [0.25, 0.3) is 0 Å². The Morgan fingerprint density at radius 1 is 1.42 bits per heavy atom. The molecule has 108 valence electrons. The Kier molecular flexibility index (Phi) is 6.62. The first-order valence-electron chi connectivity index (χ1n) is 6.11. The van der Waals surface area contributed by atoms with Crippen molar-refractivity contribution in [3.8, 4) is 0 Å². The van der Waals surface area contributed by atoms with Crippen LogP contribution in [0.15, 0.2) is 6.07 Å². The van der Waals surface area contributed by atoms with Crippen LogP contribution in [0.3, 0.4) is 0 Å². The number of hydrogen-bond donors (Lipinski definition) is 2. The Labute approximate surface area is 119 Å². The molecule has 19 heavy (non-hydrogen) atoms. The lowest BCUT2D eigenvalue weighted by molar-refractivity contribution is 0.0635. The van der Waals surface area contributed by atoms with Gasteiger partial charge < -0.3 is 10.5 Å². The molecule has 1 aromatic heterocycles. The minimum atomic E-state index is -0.578. The van der Waals surface area contributed by atoms with E-state index in [0.717, 1.165) is 5.56 Å². The van der Waals surface area contributed by atoms with E-state index in [0.29, 0.717) is 10.8 Å². The largest absolute Gasteiger partial charge is 0.444 e. The van der Waals surface area contributed by atoms with Gasteiger partial charge in [-0.2, -0.15) is 0 Å². The molecule has 5 nitrogen and oxygen atoms in total. The van der Waals surface area contributed by atoms with Gasteiger partial charge >= 0.3 is 6.09 Å². The molecule has 1 rings (SSSR count). The van der Waals surface area contributed by atoms with E-state index < -0.39 is 11.7 Å². The second-order valence-electron chi connectivity index (χ2n) is 4.65. The number of rotatable bonds is 1. The fraction of sp³-hybridized carbons (Fsp3) is 0.538. The zero-order valence-corrected chi connectivity index (χ0v) is 13.1. The molecule has 1 amide bonds. The van der Waals surface area contributed by atoms with Crippen LogP contribution in [0, 0.1) is 6.92 Å². The topological polar surface area (TPSA) is 77.2 Å². The summed E-state index contributed by atoms with van der Waals surface area (Å²) in [5.74, 6) is 0.497. The number of aromatic nitrogens is 1. The number of nitrogens with one attached hydrogen (secondary N) is 1. The Morgan fingerprint density at radius 2 is 1.95 bits per heavy atom. The summed E-state index contributed by atoms with van der Waals surface area (Å²) in [4.78, 5) is 15.4. The Hall–Kier alpha value is -1.49. The lowest BCUT2D eigenvalue weighted by atomic mass is 10.2. The molecule has 0 atom stereocenters. The number of nitrogen functional groups attached to an aromatic ring is 1. The van der Waals surface area contributed by atoms with Crippen LogP contribution in [0.4, 0.5) is 16.4 Å². The molecule has 0 spiro atoms. The number of nitrogens with zero attached hydrogens (tertiary/aromatic N) is 1. The normalized spacial score (nSPS) is 10.3. The molecule has 0 aliphatic rings. The minimum absolute atomic E-state index is 0.178. The quantitative estimate of drug-likeness (QED) is 0.818. The summed E-state index contributed by atoms with van der Waals surface area (Å²) < 4.78 is 5.09. The number of aryl methyl sites for hydroxylation is 1. The molecule has 1 aromatic rings. The van der Waals surface area contributed by atoms with E-state index in [2.05, 4.69) is 10.3 Å². The summed E-state index contributed by atoms with van der Waals surface area (Å²) in [5.41, 5.74) is 5.77. The summed E-state index contributed by atoms with van der Waals surface area (Å²) in [6.45, 7) is 11.1. The molecule has 0 unspecified atom stereocenters. The molecule has 3 N–H and O–H groups in total. The van der Waals surface area contributed by atoms with Crippen LogP contribution >= 0.6 is 11.6 Å². The van der Waals surface area contributed by atoms with Gasteiger partial charge in [0, 0.05) is 0 Å². The Morgan fingerprint density at radius 3 is 2.37 bits per heavy atom. The van der Waals surface area contributed by atoms with Crippen LogP contribution in [0.5, 0.6) is 0 Å². The number of hydrogen-bond acceptors (Lipinski definition) is 4. The lowest BCUT2D eigenvalue weighted by Crippen LogP contribution is -2.27. The third-order valence-corrected chi connectivity index (χ3v) is 2.29. The predicted octanol–water partition coefficient (Wildman–Crippen LogP) is 4.00. The molecule has 0 fully saturated rings. The van der Waals surface area contributed by atoms with E-state index in [1.165, 1.54) is 0 Å². The van der Waals surface area contributed by atoms with Gasteiger partial charge in [-0.25, -0.2) is 9.78 Å². The van der Waals surface area contributed by atoms with Gasteiger partial charge in [-0.3, -0.25) is 5.32 Å². The third-order valence-electron chi connectivity index (χ3n) is 1.79. The SMILES string of the molecule is CC.Cc1cc(NC(=O)OC(C)(C)C)nc(N)c1Cl. The summed E-state index contributed by atoms with van der Waals surface area (Å²) in [7, 11) is 0. The number of amides is 1. The molecular formula is C13H22ClN3O2. The first-order chi connectivity index (χ1) is 8.69. The fourth-order valence-corrected chi connectivity index (χ4v) is 1.25. The highest BCUT2D eigenvalue weighted by atomic mass is 35.5. The van der Waals surface area contributed by atoms with Crippen molar-refractivity contribution in [3.05, 3.63) is 16.7 Å². The monoisotopic (exact) mass is 287 g/mol. The van der Waals surface area contributed by atoms with Crippen molar-refractivity contribution in [1.29, 1.82) is 0 Å². The van der Waals surface area contributed by atoms with Crippen LogP contribution < -0.4 is 11.1 Å². The van der Waals surface area contributed by atoms with Crippen molar-refractivity contribution >= 4 is 29.3 Å². The molecule has 1 heterocycles. The number of anilines is 2. The Balaban J connectivity index is 0.00000154. The van der Waals surface area contributed by atoms with Gasteiger partial charge in [-0.15, -0.1) is 0 Å². The number of nitrogens with two attached hydrogens (primary N) is 1. The van der Waals surface area contributed by atoms with Crippen molar-refractivity contribution in [3.63, 3.8) is 0 Å². The third kappa shape index (κ3) is 6.29. The van der Waals surface area contributed by atoms with Gasteiger partial charge in [0.2, 0.25) is 0 Å². The molecule has 0 aliphatic heterocycles. The van der Waals surface area contributed by atoms with Crippen LogP contribution in [-0.2, 0) is 4.74 Å². The number of pyridine rings is 1. The van der Waals surface area contributed by atoms with Gasteiger partial charge in [-0.05, 0) is 39.3 Å². The smallest absolute Gasteiger partial charge is 0.413 e. The van der Waals surface area contributed by atoms with Crippen LogP contribution in [0.1, 0.15) is 40.2 Å². The van der Waals surface area contributed by atoms with Crippen LogP contribution in [0.2, 0.25) is 5.02 Å². The van der Waals surface area contributed by atoms with Gasteiger partial charge in [-0.1, -0.05) is 25.4 Å². The molecule has 0 bridgehead atoms. The molecule has 0 saturated carbocycles. The van der Waals surface area contributed by atoms with Crippen molar-refractivity contribution in [2.45, 2.75) is 47.1 Å². The minimum Gasteiger partial charge on any atom is -0.444 e. The highest BCUT2D eigenvalue weighted by Crippen LogP contribution is 2.23. The molecule has 0 aromatic carbocycles. The first-order valence-corrected chi connectivity index (χ1v) is 6.49. The Bertz CT molecular complexity index is 419. The van der Waals surface area contributed by atoms with E-state index in [-0.39, 0.29) is 5.82 Å².